The largest absolute Gasteiger partial charge is 0.492 e. The minimum atomic E-state index is 0.606. The third-order valence-corrected chi connectivity index (χ3v) is 4.45. The van der Waals surface area contributed by atoms with Gasteiger partial charge in [0.15, 0.2) is 6.29 Å². The molecule has 2 aromatic carbocycles. The van der Waals surface area contributed by atoms with Crippen molar-refractivity contribution in [2.45, 2.75) is 6.92 Å². The maximum Gasteiger partial charge on any atom is 0.153 e. The molecule has 1 heterocycles. The molecule has 0 bridgehead atoms. The van der Waals surface area contributed by atoms with Gasteiger partial charge >= 0.3 is 0 Å². The Bertz CT molecular complexity index is 679. The molecule has 1 aliphatic rings. The van der Waals surface area contributed by atoms with E-state index in [9.17, 15) is 4.79 Å². The summed E-state index contributed by atoms with van der Waals surface area (Å²) in [5.74, 6) is 0.672. The van der Waals surface area contributed by atoms with Crippen molar-refractivity contribution >= 4 is 12.0 Å². The highest BCUT2D eigenvalue weighted by molar-refractivity contribution is 5.79. The van der Waals surface area contributed by atoms with Gasteiger partial charge in [0.25, 0.3) is 0 Å². The summed E-state index contributed by atoms with van der Waals surface area (Å²) in [7, 11) is 0. The first kappa shape index (κ1) is 16.5. The number of hydrogen-bond acceptors (Lipinski definition) is 4. The summed E-state index contributed by atoms with van der Waals surface area (Å²) in [5, 5.41) is 0. The number of anilines is 1. The van der Waals surface area contributed by atoms with Gasteiger partial charge in [-0.25, -0.2) is 0 Å². The fourth-order valence-corrected chi connectivity index (χ4v) is 3.05. The maximum atomic E-state index is 11.0. The zero-order valence-corrected chi connectivity index (χ0v) is 14.1. The van der Waals surface area contributed by atoms with Gasteiger partial charge in [-0.3, -0.25) is 9.69 Å². The van der Waals surface area contributed by atoms with Gasteiger partial charge in [-0.1, -0.05) is 24.3 Å². The Morgan fingerprint density at radius 3 is 2.58 bits per heavy atom. The van der Waals surface area contributed by atoms with Crippen LogP contribution in [0.4, 0.5) is 5.69 Å². The third kappa shape index (κ3) is 4.15. The van der Waals surface area contributed by atoms with E-state index in [0.29, 0.717) is 17.9 Å². The van der Waals surface area contributed by atoms with Crippen LogP contribution >= 0.6 is 0 Å². The predicted molar refractivity (Wildman–Crippen MR) is 97.2 cm³/mol. The number of benzene rings is 2. The summed E-state index contributed by atoms with van der Waals surface area (Å²) in [6.45, 7) is 7.76. The lowest BCUT2D eigenvalue weighted by Crippen LogP contribution is -2.47. The quantitative estimate of drug-likeness (QED) is 0.765. The van der Waals surface area contributed by atoms with Crippen LogP contribution in [0.2, 0.25) is 0 Å². The number of nitrogens with zero attached hydrogens (tertiary/aromatic N) is 2. The molecule has 0 amide bonds. The minimum Gasteiger partial charge on any atom is -0.492 e. The molecular formula is C20H24N2O2. The average Bonchev–Trinajstić information content (AvgIpc) is 2.63. The van der Waals surface area contributed by atoms with E-state index in [1.807, 2.05) is 18.2 Å². The van der Waals surface area contributed by atoms with Crippen LogP contribution < -0.4 is 9.64 Å². The summed E-state index contributed by atoms with van der Waals surface area (Å²) in [6, 6.07) is 16.0. The van der Waals surface area contributed by atoms with Gasteiger partial charge in [-0.05, 0) is 36.8 Å². The SMILES string of the molecule is Cc1cccc(N2CCN(CCOc3ccccc3C=O)CC2)c1. The monoisotopic (exact) mass is 324 g/mol. The molecule has 0 aliphatic carbocycles. The second-order valence-electron chi connectivity index (χ2n) is 6.17. The topological polar surface area (TPSA) is 32.8 Å². The molecule has 0 aromatic heterocycles. The van der Waals surface area contributed by atoms with E-state index in [-0.39, 0.29) is 0 Å². The molecule has 1 fully saturated rings. The Hall–Kier alpha value is -2.33. The smallest absolute Gasteiger partial charge is 0.153 e. The highest BCUT2D eigenvalue weighted by atomic mass is 16.5. The molecule has 0 spiro atoms. The Labute approximate surface area is 143 Å². The van der Waals surface area contributed by atoms with E-state index >= 15 is 0 Å². The van der Waals surface area contributed by atoms with E-state index in [4.69, 9.17) is 4.74 Å². The van der Waals surface area contributed by atoms with Crippen LogP contribution in [0, 0.1) is 6.92 Å². The highest BCUT2D eigenvalue weighted by Gasteiger charge is 2.17. The van der Waals surface area contributed by atoms with Crippen LogP contribution in [0.3, 0.4) is 0 Å². The molecule has 0 unspecified atom stereocenters. The first-order valence-corrected chi connectivity index (χ1v) is 8.47. The lowest BCUT2D eigenvalue weighted by Gasteiger charge is -2.36. The van der Waals surface area contributed by atoms with E-state index in [2.05, 4.69) is 41.0 Å². The zero-order chi connectivity index (χ0) is 16.8. The first-order chi connectivity index (χ1) is 11.8. The lowest BCUT2D eigenvalue weighted by atomic mass is 10.2. The number of aldehydes is 1. The molecule has 0 radical (unpaired) electrons. The van der Waals surface area contributed by atoms with E-state index < -0.39 is 0 Å². The molecule has 126 valence electrons. The van der Waals surface area contributed by atoms with Gasteiger partial charge in [0, 0.05) is 38.4 Å². The number of carbonyl (C=O) groups excluding carboxylic acids is 1. The third-order valence-electron chi connectivity index (χ3n) is 4.45. The molecule has 0 saturated carbocycles. The predicted octanol–water partition coefficient (Wildman–Crippen LogP) is 3.01. The second-order valence-corrected chi connectivity index (χ2v) is 6.17. The standard InChI is InChI=1S/C20H24N2O2/c1-17-5-4-7-19(15-17)22-11-9-21(10-12-22)13-14-24-20-8-3-2-6-18(20)16-23/h2-8,15-16H,9-14H2,1H3. The van der Waals surface area contributed by atoms with Crippen molar-refractivity contribution in [2.24, 2.45) is 0 Å². The van der Waals surface area contributed by atoms with Gasteiger partial charge < -0.3 is 9.64 Å². The van der Waals surface area contributed by atoms with Gasteiger partial charge in [-0.15, -0.1) is 0 Å². The molecule has 24 heavy (non-hydrogen) atoms. The van der Waals surface area contributed by atoms with Crippen molar-refractivity contribution in [3.05, 3.63) is 59.7 Å². The van der Waals surface area contributed by atoms with Crippen LogP contribution in [0.1, 0.15) is 15.9 Å². The molecule has 0 N–H and O–H groups in total. The zero-order valence-electron chi connectivity index (χ0n) is 14.1. The van der Waals surface area contributed by atoms with Crippen molar-refractivity contribution in [2.75, 3.05) is 44.2 Å². The van der Waals surface area contributed by atoms with Gasteiger partial charge in [-0.2, -0.15) is 0 Å². The molecule has 4 nitrogen and oxygen atoms in total. The fourth-order valence-electron chi connectivity index (χ4n) is 3.05. The van der Waals surface area contributed by atoms with Gasteiger partial charge in [0.2, 0.25) is 0 Å². The maximum absolute atomic E-state index is 11.0. The first-order valence-electron chi connectivity index (χ1n) is 8.47. The molecule has 3 rings (SSSR count). The van der Waals surface area contributed by atoms with Gasteiger partial charge in [0.05, 0.1) is 5.56 Å². The van der Waals surface area contributed by atoms with Crippen molar-refractivity contribution in [1.29, 1.82) is 0 Å². The Morgan fingerprint density at radius 2 is 1.83 bits per heavy atom. The number of ether oxygens (including phenoxy) is 1. The average molecular weight is 324 g/mol. The van der Waals surface area contributed by atoms with Crippen LogP contribution in [0.5, 0.6) is 5.75 Å². The number of rotatable bonds is 6. The normalized spacial score (nSPS) is 15.3. The van der Waals surface area contributed by atoms with Crippen molar-refractivity contribution in [3.8, 4) is 5.75 Å². The second kappa shape index (κ2) is 7.97. The van der Waals surface area contributed by atoms with E-state index in [0.717, 1.165) is 39.0 Å². The van der Waals surface area contributed by atoms with E-state index in [1.54, 1.807) is 6.07 Å². The van der Waals surface area contributed by atoms with Crippen LogP contribution in [0.25, 0.3) is 0 Å². The number of piperazine rings is 1. The minimum absolute atomic E-state index is 0.606. The number of para-hydroxylation sites is 1. The molecule has 1 saturated heterocycles. The Morgan fingerprint density at radius 1 is 1.04 bits per heavy atom. The van der Waals surface area contributed by atoms with Crippen molar-refractivity contribution < 1.29 is 9.53 Å². The molecule has 1 aliphatic heterocycles. The Balaban J connectivity index is 1.45. The summed E-state index contributed by atoms with van der Waals surface area (Å²) < 4.78 is 5.77. The lowest BCUT2D eigenvalue weighted by molar-refractivity contribution is 0.111. The fraction of sp³-hybridized carbons (Fsp3) is 0.350. The highest BCUT2D eigenvalue weighted by Crippen LogP contribution is 2.18. The molecule has 2 aromatic rings. The summed E-state index contributed by atoms with van der Waals surface area (Å²) >= 11 is 0. The summed E-state index contributed by atoms with van der Waals surface area (Å²) in [6.07, 6.45) is 0.843. The van der Waals surface area contributed by atoms with Crippen molar-refractivity contribution in [3.63, 3.8) is 0 Å². The summed E-state index contributed by atoms with van der Waals surface area (Å²) in [4.78, 5) is 15.8. The van der Waals surface area contributed by atoms with Crippen molar-refractivity contribution in [1.82, 2.24) is 4.90 Å². The van der Waals surface area contributed by atoms with Crippen LogP contribution in [-0.4, -0.2) is 50.5 Å². The molecule has 0 atom stereocenters. The number of hydrogen-bond donors (Lipinski definition) is 0. The Kier molecular flexibility index (Phi) is 5.49. The number of carbonyl (C=O) groups is 1. The molecule has 4 heteroatoms. The van der Waals surface area contributed by atoms with E-state index in [1.165, 1.54) is 11.3 Å². The van der Waals surface area contributed by atoms with Crippen LogP contribution in [0.15, 0.2) is 48.5 Å². The number of aryl methyl sites for hydroxylation is 1. The van der Waals surface area contributed by atoms with Gasteiger partial charge in [0.1, 0.15) is 12.4 Å². The van der Waals surface area contributed by atoms with Crippen LogP contribution in [-0.2, 0) is 0 Å². The molecular weight excluding hydrogens is 300 g/mol. The summed E-state index contributed by atoms with van der Waals surface area (Å²) in [5.41, 5.74) is 3.23.